The molecular formula is C23H20F3N9OS. The normalized spacial score (nSPS) is 11.4. The molecule has 2 aromatic heterocycles. The lowest BCUT2D eigenvalue weighted by Crippen LogP contribution is -2.24. The SMILES string of the molecule is CN(C)c1ncc(NC(=S)N/N=C\c2ccc(-c3ncn(-c4ccc(OC(F)(F)F)cc4)n3)cc2)cn1. The predicted octanol–water partition coefficient (Wildman–Crippen LogP) is 4.01. The topological polar surface area (TPSA) is 105 Å². The zero-order valence-corrected chi connectivity index (χ0v) is 20.3. The van der Waals surface area contributed by atoms with Crippen molar-refractivity contribution in [3.63, 3.8) is 0 Å². The van der Waals surface area contributed by atoms with Crippen molar-refractivity contribution in [1.82, 2.24) is 30.2 Å². The number of anilines is 2. The van der Waals surface area contributed by atoms with Crippen LogP contribution in [-0.4, -0.2) is 56.5 Å². The molecule has 0 atom stereocenters. The Bertz CT molecular complexity index is 1370. The maximum atomic E-state index is 12.3. The maximum absolute atomic E-state index is 12.3. The summed E-state index contributed by atoms with van der Waals surface area (Å²) in [6, 6.07) is 12.6. The highest BCUT2D eigenvalue weighted by molar-refractivity contribution is 7.80. The van der Waals surface area contributed by atoms with Gasteiger partial charge in [0.2, 0.25) is 5.95 Å². The predicted molar refractivity (Wildman–Crippen MR) is 137 cm³/mol. The molecule has 0 saturated carbocycles. The lowest BCUT2D eigenvalue weighted by molar-refractivity contribution is -0.274. The van der Waals surface area contributed by atoms with E-state index >= 15 is 0 Å². The Balaban J connectivity index is 1.32. The Morgan fingerprint density at radius 1 is 1.03 bits per heavy atom. The highest BCUT2D eigenvalue weighted by Gasteiger charge is 2.31. The lowest BCUT2D eigenvalue weighted by atomic mass is 10.1. The first-order valence-electron chi connectivity index (χ1n) is 10.6. The monoisotopic (exact) mass is 527 g/mol. The second-order valence-corrected chi connectivity index (χ2v) is 8.07. The first-order chi connectivity index (χ1) is 17.7. The molecule has 0 bridgehead atoms. The maximum Gasteiger partial charge on any atom is 0.573 e. The van der Waals surface area contributed by atoms with E-state index in [-0.39, 0.29) is 10.9 Å². The van der Waals surface area contributed by atoms with Crippen LogP contribution in [0.1, 0.15) is 5.56 Å². The van der Waals surface area contributed by atoms with Crippen LogP contribution in [0, 0.1) is 0 Å². The van der Waals surface area contributed by atoms with Gasteiger partial charge in [-0.25, -0.2) is 19.6 Å². The summed E-state index contributed by atoms with van der Waals surface area (Å²) in [6.45, 7) is 0. The number of benzene rings is 2. The van der Waals surface area contributed by atoms with E-state index in [0.29, 0.717) is 23.1 Å². The summed E-state index contributed by atoms with van der Waals surface area (Å²) in [6.07, 6.45) is 1.56. The fraction of sp³-hybridized carbons (Fsp3) is 0.130. The van der Waals surface area contributed by atoms with Crippen LogP contribution >= 0.6 is 12.2 Å². The molecule has 0 aliphatic heterocycles. The minimum Gasteiger partial charge on any atom is -0.406 e. The molecule has 2 N–H and O–H groups in total. The molecule has 0 aliphatic carbocycles. The van der Waals surface area contributed by atoms with E-state index in [9.17, 15) is 13.2 Å². The number of nitrogens with one attached hydrogen (secondary N) is 2. The minimum atomic E-state index is -4.74. The highest BCUT2D eigenvalue weighted by Crippen LogP contribution is 2.24. The molecule has 0 saturated heterocycles. The second kappa shape index (κ2) is 11.0. The molecule has 190 valence electrons. The van der Waals surface area contributed by atoms with Crippen molar-refractivity contribution in [2.75, 3.05) is 24.3 Å². The largest absolute Gasteiger partial charge is 0.573 e. The molecule has 0 aliphatic rings. The van der Waals surface area contributed by atoms with Gasteiger partial charge in [-0.05, 0) is 42.0 Å². The Labute approximate surface area is 214 Å². The summed E-state index contributed by atoms with van der Waals surface area (Å²) in [7, 11) is 3.70. The van der Waals surface area contributed by atoms with E-state index < -0.39 is 6.36 Å². The molecule has 2 aromatic carbocycles. The quantitative estimate of drug-likeness (QED) is 0.210. The van der Waals surface area contributed by atoms with Crippen molar-refractivity contribution in [3.05, 3.63) is 72.8 Å². The van der Waals surface area contributed by atoms with Crippen LogP contribution in [0.15, 0.2) is 72.4 Å². The number of rotatable bonds is 7. The zero-order chi connectivity index (χ0) is 26.4. The first kappa shape index (κ1) is 25.5. The molecule has 4 rings (SSSR count). The van der Waals surface area contributed by atoms with Gasteiger partial charge in [-0.3, -0.25) is 5.43 Å². The Morgan fingerprint density at radius 2 is 1.70 bits per heavy atom. The van der Waals surface area contributed by atoms with Crippen molar-refractivity contribution in [3.8, 4) is 22.8 Å². The Kier molecular flexibility index (Phi) is 7.57. The average molecular weight is 528 g/mol. The third-order valence-electron chi connectivity index (χ3n) is 4.67. The molecule has 37 heavy (non-hydrogen) atoms. The van der Waals surface area contributed by atoms with E-state index in [2.05, 4.69) is 40.6 Å². The molecule has 0 fully saturated rings. The molecule has 10 nitrogen and oxygen atoms in total. The number of hydrogen-bond donors (Lipinski definition) is 2. The van der Waals surface area contributed by atoms with Crippen LogP contribution in [0.25, 0.3) is 17.1 Å². The molecular weight excluding hydrogens is 507 g/mol. The van der Waals surface area contributed by atoms with Crippen LogP contribution in [0.4, 0.5) is 24.8 Å². The fourth-order valence-electron chi connectivity index (χ4n) is 2.98. The van der Waals surface area contributed by atoms with E-state index in [4.69, 9.17) is 12.2 Å². The van der Waals surface area contributed by atoms with Crippen LogP contribution in [-0.2, 0) is 0 Å². The van der Waals surface area contributed by atoms with Gasteiger partial charge >= 0.3 is 6.36 Å². The Hall–Kier alpha value is -4.59. The fourth-order valence-corrected chi connectivity index (χ4v) is 3.15. The van der Waals surface area contributed by atoms with Crippen molar-refractivity contribution in [2.45, 2.75) is 6.36 Å². The van der Waals surface area contributed by atoms with Crippen molar-refractivity contribution in [2.24, 2.45) is 5.10 Å². The highest BCUT2D eigenvalue weighted by atomic mass is 32.1. The van der Waals surface area contributed by atoms with Gasteiger partial charge in [-0.15, -0.1) is 18.3 Å². The molecule has 0 unspecified atom stereocenters. The number of alkyl halides is 3. The van der Waals surface area contributed by atoms with Crippen LogP contribution < -0.4 is 20.4 Å². The average Bonchev–Trinajstić information content (AvgIpc) is 3.35. The van der Waals surface area contributed by atoms with Gasteiger partial charge < -0.3 is 15.0 Å². The van der Waals surface area contributed by atoms with E-state index in [1.807, 2.05) is 38.4 Å². The number of aromatic nitrogens is 5. The standard InChI is InChI=1S/C23H20F3N9OS/c1-34(2)21-27-12-17(13-28-21)31-22(37)32-30-11-15-3-5-16(6-4-15)20-29-14-35(33-20)18-7-9-19(10-8-18)36-23(24,25)26/h3-14H,1-2H3,(H2,31,32,37)/b30-11-. The number of thiocarbonyl (C=S) groups is 1. The van der Waals surface area contributed by atoms with Gasteiger partial charge in [-0.1, -0.05) is 24.3 Å². The van der Waals surface area contributed by atoms with E-state index in [0.717, 1.165) is 11.1 Å². The number of halogens is 3. The molecule has 0 spiro atoms. The Morgan fingerprint density at radius 3 is 2.32 bits per heavy atom. The van der Waals surface area contributed by atoms with Gasteiger partial charge in [0.1, 0.15) is 12.1 Å². The minimum absolute atomic E-state index is 0.279. The van der Waals surface area contributed by atoms with Crippen LogP contribution in [0.5, 0.6) is 5.75 Å². The molecule has 0 radical (unpaired) electrons. The summed E-state index contributed by atoms with van der Waals surface area (Å²) < 4.78 is 42.3. The van der Waals surface area contributed by atoms with Gasteiger partial charge in [0.25, 0.3) is 0 Å². The smallest absolute Gasteiger partial charge is 0.406 e. The summed E-state index contributed by atoms with van der Waals surface area (Å²) in [4.78, 5) is 14.5. The van der Waals surface area contributed by atoms with Gasteiger partial charge in [-0.2, -0.15) is 5.10 Å². The van der Waals surface area contributed by atoms with Crippen molar-refractivity contribution in [1.29, 1.82) is 0 Å². The number of hydrazone groups is 1. The summed E-state index contributed by atoms with van der Waals surface area (Å²) in [5.41, 5.74) is 5.44. The summed E-state index contributed by atoms with van der Waals surface area (Å²) in [5.74, 6) is 0.721. The molecule has 2 heterocycles. The third-order valence-corrected chi connectivity index (χ3v) is 4.86. The molecule has 14 heteroatoms. The van der Waals surface area contributed by atoms with Gasteiger partial charge in [0.05, 0.1) is 30.0 Å². The molecule has 0 amide bonds. The van der Waals surface area contributed by atoms with Gasteiger partial charge in [0, 0.05) is 19.7 Å². The van der Waals surface area contributed by atoms with Gasteiger partial charge in [0.15, 0.2) is 10.9 Å². The first-order valence-corrected chi connectivity index (χ1v) is 11.0. The van der Waals surface area contributed by atoms with E-state index in [1.165, 1.54) is 35.3 Å². The van der Waals surface area contributed by atoms with Crippen molar-refractivity contribution >= 4 is 35.2 Å². The molecule has 4 aromatic rings. The number of nitrogens with zero attached hydrogens (tertiary/aromatic N) is 7. The zero-order valence-electron chi connectivity index (χ0n) is 19.5. The second-order valence-electron chi connectivity index (χ2n) is 7.67. The lowest BCUT2D eigenvalue weighted by Gasteiger charge is -2.10. The van der Waals surface area contributed by atoms with Crippen LogP contribution in [0.2, 0.25) is 0 Å². The summed E-state index contributed by atoms with van der Waals surface area (Å²) >= 11 is 5.22. The van der Waals surface area contributed by atoms with E-state index in [1.54, 1.807) is 23.5 Å². The summed E-state index contributed by atoms with van der Waals surface area (Å²) in [5, 5.41) is 11.7. The number of hydrogen-bond acceptors (Lipinski definition) is 8. The third kappa shape index (κ3) is 7.20. The van der Waals surface area contributed by atoms with Crippen molar-refractivity contribution < 1.29 is 17.9 Å². The van der Waals surface area contributed by atoms with Crippen LogP contribution in [0.3, 0.4) is 0 Å². The number of ether oxygens (including phenoxy) is 1.